The quantitative estimate of drug-likeness (QED) is 0.682. The summed E-state index contributed by atoms with van der Waals surface area (Å²) >= 11 is 0. The van der Waals surface area contributed by atoms with Gasteiger partial charge < -0.3 is 9.30 Å². The van der Waals surface area contributed by atoms with Crippen molar-refractivity contribution in [2.45, 2.75) is 13.5 Å². The monoisotopic (exact) mass is 356 g/mol. The van der Waals surface area contributed by atoms with E-state index in [2.05, 4.69) is 15.8 Å². The van der Waals surface area contributed by atoms with E-state index in [0.29, 0.717) is 5.82 Å². The second kappa shape index (κ2) is 7.64. The lowest BCUT2D eigenvalue weighted by Gasteiger charge is -2.10. The van der Waals surface area contributed by atoms with Crippen molar-refractivity contribution in [2.75, 3.05) is 6.61 Å². The van der Waals surface area contributed by atoms with Crippen LogP contribution in [-0.2, 0) is 16.1 Å². The van der Waals surface area contributed by atoms with Gasteiger partial charge in [-0.15, -0.1) is 0 Å². The molecule has 26 heavy (non-hydrogen) atoms. The van der Waals surface area contributed by atoms with Gasteiger partial charge in [-0.1, -0.05) is 18.2 Å². The summed E-state index contributed by atoms with van der Waals surface area (Å²) in [5.41, 5.74) is 6.21. The summed E-state index contributed by atoms with van der Waals surface area (Å²) in [5, 5.41) is 0. The maximum absolute atomic E-state index is 13.0. The summed E-state index contributed by atoms with van der Waals surface area (Å²) in [7, 11) is 0. The number of nitrogens with zero attached hydrogens (tertiary/aromatic N) is 2. The molecule has 0 atom stereocenters. The molecular weight excluding hydrogens is 339 g/mol. The molecule has 0 bridgehead atoms. The maximum Gasteiger partial charge on any atom is 0.276 e. The van der Waals surface area contributed by atoms with Gasteiger partial charge in [0.25, 0.3) is 11.8 Å². The van der Waals surface area contributed by atoms with Gasteiger partial charge in [0.1, 0.15) is 23.9 Å². The fourth-order valence-electron chi connectivity index (χ4n) is 2.46. The van der Waals surface area contributed by atoms with Crippen LogP contribution in [0.3, 0.4) is 0 Å². The standard InChI is InChI=1S/C18H17FN4O3/c1-12-20-15-7-2-3-8-16(15)23(12)10-17(24)21-22-18(25)11-26-14-6-4-5-13(19)9-14/h2-9H,10-11H2,1H3,(H,21,24)(H,22,25). The van der Waals surface area contributed by atoms with Crippen LogP contribution >= 0.6 is 0 Å². The molecule has 0 fully saturated rings. The van der Waals surface area contributed by atoms with Gasteiger partial charge in [-0.3, -0.25) is 20.4 Å². The highest BCUT2D eigenvalue weighted by Gasteiger charge is 2.11. The molecule has 134 valence electrons. The largest absolute Gasteiger partial charge is 0.484 e. The number of imidazole rings is 1. The number of hydrogen-bond donors (Lipinski definition) is 2. The summed E-state index contributed by atoms with van der Waals surface area (Å²) in [4.78, 5) is 28.2. The Labute approximate surface area is 148 Å². The minimum absolute atomic E-state index is 0.0113. The summed E-state index contributed by atoms with van der Waals surface area (Å²) in [6.45, 7) is 1.47. The number of para-hydroxylation sites is 2. The molecule has 2 amide bonds. The van der Waals surface area contributed by atoms with Crippen LogP contribution in [-0.4, -0.2) is 28.0 Å². The Bertz CT molecular complexity index is 955. The van der Waals surface area contributed by atoms with Crippen molar-refractivity contribution in [3.8, 4) is 5.75 Å². The number of benzene rings is 2. The number of carbonyl (C=O) groups excluding carboxylic acids is 2. The average molecular weight is 356 g/mol. The van der Waals surface area contributed by atoms with Gasteiger partial charge in [0.15, 0.2) is 6.61 Å². The zero-order valence-corrected chi connectivity index (χ0v) is 14.0. The van der Waals surface area contributed by atoms with Crippen molar-refractivity contribution < 1.29 is 18.7 Å². The van der Waals surface area contributed by atoms with Crippen molar-refractivity contribution in [2.24, 2.45) is 0 Å². The molecule has 0 saturated heterocycles. The molecule has 0 saturated carbocycles. The number of carbonyl (C=O) groups is 2. The Morgan fingerprint density at radius 2 is 1.88 bits per heavy atom. The Kier molecular flexibility index (Phi) is 5.12. The van der Waals surface area contributed by atoms with E-state index in [1.807, 2.05) is 24.3 Å². The van der Waals surface area contributed by atoms with E-state index in [1.54, 1.807) is 11.5 Å². The topological polar surface area (TPSA) is 85.3 Å². The predicted molar refractivity (Wildman–Crippen MR) is 92.7 cm³/mol. The Morgan fingerprint density at radius 1 is 1.12 bits per heavy atom. The number of amides is 2. The highest BCUT2D eigenvalue weighted by Crippen LogP contribution is 2.15. The molecule has 1 aromatic heterocycles. The molecule has 8 heteroatoms. The molecule has 3 rings (SSSR count). The zero-order valence-electron chi connectivity index (χ0n) is 14.0. The van der Waals surface area contributed by atoms with E-state index >= 15 is 0 Å². The number of aromatic nitrogens is 2. The van der Waals surface area contributed by atoms with E-state index in [-0.39, 0.29) is 18.9 Å². The third kappa shape index (κ3) is 4.15. The molecular formula is C18H17FN4O3. The van der Waals surface area contributed by atoms with Gasteiger partial charge in [-0.25, -0.2) is 9.37 Å². The van der Waals surface area contributed by atoms with Crippen LogP contribution in [0.25, 0.3) is 11.0 Å². The van der Waals surface area contributed by atoms with E-state index in [1.165, 1.54) is 24.3 Å². The highest BCUT2D eigenvalue weighted by molar-refractivity contribution is 5.84. The lowest BCUT2D eigenvalue weighted by Crippen LogP contribution is -2.45. The van der Waals surface area contributed by atoms with Crippen LogP contribution in [0.5, 0.6) is 5.75 Å². The average Bonchev–Trinajstić information content (AvgIpc) is 2.94. The third-order valence-corrected chi connectivity index (χ3v) is 3.65. The lowest BCUT2D eigenvalue weighted by molar-refractivity contribution is -0.130. The smallest absolute Gasteiger partial charge is 0.276 e. The third-order valence-electron chi connectivity index (χ3n) is 3.65. The van der Waals surface area contributed by atoms with E-state index in [4.69, 9.17) is 4.74 Å². The molecule has 2 aromatic carbocycles. The number of halogens is 1. The number of rotatable bonds is 5. The van der Waals surface area contributed by atoms with Gasteiger partial charge >= 0.3 is 0 Å². The second-order valence-electron chi connectivity index (χ2n) is 5.58. The predicted octanol–water partition coefficient (Wildman–Crippen LogP) is 1.71. The summed E-state index contributed by atoms with van der Waals surface area (Å²) in [6.07, 6.45) is 0. The van der Waals surface area contributed by atoms with Crippen molar-refractivity contribution in [3.63, 3.8) is 0 Å². The minimum atomic E-state index is -0.560. The van der Waals surface area contributed by atoms with E-state index < -0.39 is 17.6 Å². The number of hydrogen-bond acceptors (Lipinski definition) is 4. The first-order valence-electron chi connectivity index (χ1n) is 7.91. The second-order valence-corrected chi connectivity index (χ2v) is 5.58. The maximum atomic E-state index is 13.0. The number of aryl methyl sites for hydroxylation is 1. The Hall–Kier alpha value is -3.42. The molecule has 0 spiro atoms. The minimum Gasteiger partial charge on any atom is -0.484 e. The summed E-state index contributed by atoms with van der Waals surface area (Å²) in [6, 6.07) is 12.9. The normalized spacial score (nSPS) is 10.5. The number of ether oxygens (including phenoxy) is 1. The first kappa shape index (κ1) is 17.4. The summed E-state index contributed by atoms with van der Waals surface area (Å²) in [5.74, 6) is -0.501. The van der Waals surface area contributed by atoms with Gasteiger partial charge in [-0.05, 0) is 31.2 Å². The lowest BCUT2D eigenvalue weighted by atomic mass is 10.3. The molecule has 2 N–H and O–H groups in total. The van der Waals surface area contributed by atoms with Gasteiger partial charge in [0.2, 0.25) is 0 Å². The molecule has 7 nitrogen and oxygen atoms in total. The fraction of sp³-hybridized carbons (Fsp3) is 0.167. The van der Waals surface area contributed by atoms with Crippen LogP contribution in [0.1, 0.15) is 5.82 Å². The van der Waals surface area contributed by atoms with Gasteiger partial charge in [0, 0.05) is 6.07 Å². The van der Waals surface area contributed by atoms with Crippen molar-refractivity contribution in [1.82, 2.24) is 20.4 Å². The molecule has 1 heterocycles. The molecule has 0 aliphatic carbocycles. The van der Waals surface area contributed by atoms with Crippen molar-refractivity contribution in [3.05, 3.63) is 60.2 Å². The molecule has 0 aliphatic heterocycles. The Morgan fingerprint density at radius 3 is 2.69 bits per heavy atom. The number of nitrogens with one attached hydrogen (secondary N) is 2. The van der Waals surface area contributed by atoms with Gasteiger partial charge in [-0.2, -0.15) is 0 Å². The zero-order chi connectivity index (χ0) is 18.5. The van der Waals surface area contributed by atoms with Gasteiger partial charge in [0.05, 0.1) is 11.0 Å². The first-order chi connectivity index (χ1) is 12.5. The Balaban J connectivity index is 1.50. The highest BCUT2D eigenvalue weighted by atomic mass is 19.1. The fourth-order valence-corrected chi connectivity index (χ4v) is 2.46. The molecule has 3 aromatic rings. The van der Waals surface area contributed by atoms with Crippen LogP contribution in [0.2, 0.25) is 0 Å². The molecule has 0 aliphatic rings. The van der Waals surface area contributed by atoms with Crippen molar-refractivity contribution >= 4 is 22.8 Å². The van der Waals surface area contributed by atoms with E-state index in [9.17, 15) is 14.0 Å². The summed E-state index contributed by atoms with van der Waals surface area (Å²) < 4.78 is 19.9. The number of hydrazine groups is 1. The van der Waals surface area contributed by atoms with Crippen LogP contribution < -0.4 is 15.6 Å². The first-order valence-corrected chi connectivity index (χ1v) is 7.91. The SMILES string of the molecule is Cc1nc2ccccc2n1CC(=O)NNC(=O)COc1cccc(F)c1. The van der Waals surface area contributed by atoms with E-state index in [0.717, 1.165) is 11.0 Å². The molecule has 0 radical (unpaired) electrons. The number of fused-ring (bicyclic) bond motifs is 1. The van der Waals surface area contributed by atoms with Crippen LogP contribution in [0.4, 0.5) is 4.39 Å². The van der Waals surface area contributed by atoms with Crippen LogP contribution in [0.15, 0.2) is 48.5 Å². The van der Waals surface area contributed by atoms with Crippen LogP contribution in [0, 0.1) is 12.7 Å². The molecule has 0 unspecified atom stereocenters. The van der Waals surface area contributed by atoms with Crippen molar-refractivity contribution in [1.29, 1.82) is 0 Å².